The Labute approximate surface area is 152 Å². The average Bonchev–Trinajstić information content (AvgIpc) is 2.59. The molecule has 0 atom stereocenters. The average molecular weight is 363 g/mol. The van der Waals surface area contributed by atoms with Crippen LogP contribution in [0.5, 0.6) is 0 Å². The van der Waals surface area contributed by atoms with Gasteiger partial charge in [0, 0.05) is 23.8 Å². The molecule has 0 spiro atoms. The third-order valence-corrected chi connectivity index (χ3v) is 6.46. The van der Waals surface area contributed by atoms with Crippen LogP contribution in [0.3, 0.4) is 0 Å². The minimum Gasteiger partial charge on any atom is -1.00 e. The molecule has 0 nitrogen and oxygen atoms in total. The fraction of sp³-hybridized carbons (Fsp3) is 0.300. The van der Waals surface area contributed by atoms with E-state index in [0.717, 1.165) is 18.6 Å². The van der Waals surface area contributed by atoms with Crippen LogP contribution in [-0.4, -0.2) is 18.1 Å². The van der Waals surface area contributed by atoms with E-state index in [4.69, 9.17) is 0 Å². The van der Waals surface area contributed by atoms with Crippen molar-refractivity contribution in [2.75, 3.05) is 18.1 Å². The quantitative estimate of drug-likeness (QED) is 0.538. The van der Waals surface area contributed by atoms with Gasteiger partial charge < -0.3 is 12.4 Å². The van der Waals surface area contributed by atoms with E-state index in [2.05, 4.69) is 78.5 Å². The van der Waals surface area contributed by atoms with E-state index in [1.54, 1.807) is 11.8 Å². The third kappa shape index (κ3) is 8.47. The summed E-state index contributed by atoms with van der Waals surface area (Å²) in [4.78, 5) is 0. The molecular formula is C20H24ClPS. The maximum atomic E-state index is 3.58. The van der Waals surface area contributed by atoms with Crippen molar-refractivity contribution in [2.45, 2.75) is 19.8 Å². The first kappa shape index (κ1) is 20.1. The van der Waals surface area contributed by atoms with Crippen molar-refractivity contribution in [3.05, 3.63) is 71.8 Å². The molecule has 0 bridgehead atoms. The predicted molar refractivity (Wildman–Crippen MR) is 104 cm³/mol. The van der Waals surface area contributed by atoms with Crippen LogP contribution in [0.4, 0.5) is 0 Å². The summed E-state index contributed by atoms with van der Waals surface area (Å²) in [6.07, 6.45) is 4.82. The molecule has 0 fully saturated rings. The van der Waals surface area contributed by atoms with Crippen LogP contribution in [0, 0.1) is 10.9 Å². The van der Waals surface area contributed by atoms with Gasteiger partial charge in [-0.05, 0) is 11.1 Å². The Kier molecular flexibility index (Phi) is 10.9. The molecule has 122 valence electrons. The highest BCUT2D eigenvalue weighted by atomic mass is 35.5. The van der Waals surface area contributed by atoms with E-state index >= 15 is 0 Å². The van der Waals surface area contributed by atoms with Gasteiger partial charge in [0.25, 0.3) is 0 Å². The second-order valence-electron chi connectivity index (χ2n) is 5.23. The summed E-state index contributed by atoms with van der Waals surface area (Å²) >= 11 is 1.74. The summed E-state index contributed by atoms with van der Waals surface area (Å²) < 4.78 is 0. The third-order valence-electron chi connectivity index (χ3n) is 3.56. The van der Waals surface area contributed by atoms with Gasteiger partial charge in [0.15, 0.2) is 0 Å². The molecule has 0 unspecified atom stereocenters. The Bertz CT molecular complexity index is 546. The van der Waals surface area contributed by atoms with Crippen molar-refractivity contribution in [3.63, 3.8) is 0 Å². The van der Waals surface area contributed by atoms with Crippen molar-refractivity contribution in [3.8, 4) is 10.9 Å². The Morgan fingerprint density at radius 2 is 1.30 bits per heavy atom. The molecule has 0 radical (unpaired) electrons. The summed E-state index contributed by atoms with van der Waals surface area (Å²) in [5.74, 6) is 1.08. The maximum Gasteiger partial charge on any atom is 0.0838 e. The minimum absolute atomic E-state index is 0. The van der Waals surface area contributed by atoms with Crippen molar-refractivity contribution >= 4 is 19.7 Å². The number of rotatable bonds is 7. The molecule has 0 saturated heterocycles. The molecule has 0 aliphatic carbocycles. The van der Waals surface area contributed by atoms with Crippen molar-refractivity contribution in [1.29, 1.82) is 0 Å². The van der Waals surface area contributed by atoms with Crippen LogP contribution < -0.4 is 12.4 Å². The van der Waals surface area contributed by atoms with E-state index in [9.17, 15) is 0 Å². The molecule has 0 saturated carbocycles. The summed E-state index contributed by atoms with van der Waals surface area (Å²) in [5.41, 5.74) is 6.45. The Balaban J connectivity index is 0.00000264. The number of benzene rings is 2. The zero-order chi connectivity index (χ0) is 15.5. The van der Waals surface area contributed by atoms with Gasteiger partial charge in [0.1, 0.15) is 0 Å². The lowest BCUT2D eigenvalue weighted by Crippen LogP contribution is -3.00. The topological polar surface area (TPSA) is 0 Å². The molecule has 3 heteroatoms. The zero-order valence-electron chi connectivity index (χ0n) is 13.6. The van der Waals surface area contributed by atoms with E-state index in [0.29, 0.717) is 0 Å². The first-order valence-electron chi connectivity index (χ1n) is 7.94. The molecule has 2 rings (SSSR count). The largest absolute Gasteiger partial charge is 1.00 e. The lowest BCUT2D eigenvalue weighted by molar-refractivity contribution is -0.00000438. The van der Waals surface area contributed by atoms with Crippen LogP contribution in [0.1, 0.15) is 18.1 Å². The van der Waals surface area contributed by atoms with Crippen LogP contribution in [0.15, 0.2) is 60.7 Å². The maximum absolute atomic E-state index is 3.58. The van der Waals surface area contributed by atoms with Gasteiger partial charge in [-0.3, -0.25) is 0 Å². The smallest absolute Gasteiger partial charge is 0.0838 e. The standard InChI is InChI=1S/C20H23PS.ClH/c1-2-22-18-17-21(15-13-19-9-5-3-6-10-19)16-14-20-11-7-4-8-12-20;/h3-12H,2,13-16H2,1H3;1H. The predicted octanol–water partition coefficient (Wildman–Crippen LogP) is 2.36. The lowest BCUT2D eigenvalue weighted by Gasteiger charge is -2.05. The first-order valence-corrected chi connectivity index (χ1v) is 10.8. The first-order chi connectivity index (χ1) is 10.9. The highest BCUT2D eigenvalue weighted by Gasteiger charge is 2.13. The number of hydrogen-bond acceptors (Lipinski definition) is 1. The molecule has 0 aromatic heterocycles. The number of aryl methyl sites for hydroxylation is 2. The van der Waals surface area contributed by atoms with Gasteiger partial charge in [-0.1, -0.05) is 79.3 Å². The fourth-order valence-corrected chi connectivity index (χ4v) is 5.00. The van der Waals surface area contributed by atoms with Crippen molar-refractivity contribution < 1.29 is 12.4 Å². The van der Waals surface area contributed by atoms with Crippen LogP contribution in [0.2, 0.25) is 0 Å². The van der Waals surface area contributed by atoms with Gasteiger partial charge >= 0.3 is 0 Å². The molecule has 0 amide bonds. The van der Waals surface area contributed by atoms with Crippen LogP contribution in [-0.2, 0) is 12.8 Å². The van der Waals surface area contributed by atoms with Crippen LogP contribution >= 0.6 is 19.7 Å². The van der Waals surface area contributed by atoms with E-state index in [1.807, 2.05) is 0 Å². The van der Waals surface area contributed by atoms with Gasteiger partial charge in [-0.2, -0.15) is 0 Å². The lowest BCUT2D eigenvalue weighted by atomic mass is 10.2. The molecule has 0 heterocycles. The zero-order valence-corrected chi connectivity index (χ0v) is 16.2. The molecule has 0 N–H and O–H groups in total. The summed E-state index contributed by atoms with van der Waals surface area (Å²) in [6.45, 7) is 2.17. The van der Waals surface area contributed by atoms with Gasteiger partial charge in [-0.15, -0.1) is 0 Å². The van der Waals surface area contributed by atoms with Crippen LogP contribution in [0.25, 0.3) is 0 Å². The summed E-state index contributed by atoms with van der Waals surface area (Å²) in [7, 11) is -0.594. The van der Waals surface area contributed by atoms with Gasteiger partial charge in [0.2, 0.25) is 0 Å². The normalized spacial score (nSPS) is 9.83. The summed E-state index contributed by atoms with van der Waals surface area (Å²) in [5, 5.41) is 3.32. The Morgan fingerprint density at radius 1 is 0.826 bits per heavy atom. The second-order valence-corrected chi connectivity index (χ2v) is 8.76. The minimum atomic E-state index is -0.594. The van der Waals surface area contributed by atoms with Crippen molar-refractivity contribution in [1.82, 2.24) is 0 Å². The molecular weight excluding hydrogens is 339 g/mol. The monoisotopic (exact) mass is 362 g/mol. The number of halogens is 1. The Morgan fingerprint density at radius 3 is 1.74 bits per heavy atom. The van der Waals surface area contributed by atoms with Gasteiger partial charge in [0.05, 0.1) is 25.9 Å². The summed E-state index contributed by atoms with van der Waals surface area (Å²) in [6, 6.07) is 21.6. The highest BCUT2D eigenvalue weighted by Crippen LogP contribution is 2.35. The molecule has 23 heavy (non-hydrogen) atoms. The number of thioether (sulfide) groups is 1. The molecule has 2 aromatic rings. The second kappa shape index (κ2) is 12.5. The molecule has 0 aliphatic heterocycles. The Hall–Kier alpha value is -0.930. The SMILES string of the molecule is CCSC#C[PH+](CCc1ccccc1)CCc1ccccc1.[Cl-]. The number of hydrogen-bond donors (Lipinski definition) is 0. The highest BCUT2D eigenvalue weighted by molar-refractivity contribution is 8.04. The van der Waals surface area contributed by atoms with E-state index in [1.165, 1.54) is 23.5 Å². The van der Waals surface area contributed by atoms with E-state index in [-0.39, 0.29) is 12.4 Å². The molecule has 2 aromatic carbocycles. The van der Waals surface area contributed by atoms with Crippen molar-refractivity contribution in [2.24, 2.45) is 0 Å². The fourth-order valence-electron chi connectivity index (χ4n) is 2.31. The molecule has 0 aliphatic rings. The van der Waals surface area contributed by atoms with Gasteiger partial charge in [-0.25, -0.2) is 0 Å². The van der Waals surface area contributed by atoms with E-state index < -0.39 is 7.92 Å².